The van der Waals surface area contributed by atoms with E-state index < -0.39 is 0 Å². The maximum absolute atomic E-state index is 2.49. The zero-order chi connectivity index (χ0) is 33.8. The second-order valence-electron chi connectivity index (χ2n) is 14.6. The number of rotatable bonds is 4. The van der Waals surface area contributed by atoms with Crippen LogP contribution in [0.3, 0.4) is 0 Å². The SMILES string of the molecule is CC1(C)c2ccccc2-c2ccc(N(c3ccc(-c4ccccc4)cc3)c3ccc4c(c3)c3cccc5c6cccc7cccc(c76)n4c53)cc21. The Morgan fingerprint density at radius 1 is 0.431 bits per heavy atom. The van der Waals surface area contributed by atoms with Crippen molar-refractivity contribution < 1.29 is 0 Å². The maximum Gasteiger partial charge on any atom is 0.0619 e. The summed E-state index contributed by atoms with van der Waals surface area (Å²) in [6, 6.07) is 62.9. The second kappa shape index (κ2) is 10.3. The van der Waals surface area contributed by atoms with Crippen LogP contribution in [0.5, 0.6) is 0 Å². The largest absolute Gasteiger partial charge is 0.310 e. The molecule has 240 valence electrons. The van der Waals surface area contributed by atoms with E-state index in [1.807, 2.05) is 0 Å². The number of para-hydroxylation sites is 1. The molecule has 0 aliphatic heterocycles. The lowest BCUT2D eigenvalue weighted by Gasteiger charge is -2.28. The summed E-state index contributed by atoms with van der Waals surface area (Å²) >= 11 is 0. The van der Waals surface area contributed by atoms with E-state index in [9.17, 15) is 0 Å². The average molecular weight is 651 g/mol. The number of pyridine rings is 1. The highest BCUT2D eigenvalue weighted by Gasteiger charge is 2.35. The van der Waals surface area contributed by atoms with Gasteiger partial charge in [0, 0.05) is 44.0 Å². The van der Waals surface area contributed by atoms with Gasteiger partial charge in [-0.25, -0.2) is 0 Å². The molecule has 2 heterocycles. The number of fused-ring (bicyclic) bond motifs is 8. The summed E-state index contributed by atoms with van der Waals surface area (Å²) in [6.45, 7) is 4.72. The Bertz CT molecular complexity index is 2980. The van der Waals surface area contributed by atoms with E-state index in [0.29, 0.717) is 0 Å². The van der Waals surface area contributed by atoms with Crippen LogP contribution < -0.4 is 4.90 Å². The summed E-state index contributed by atoms with van der Waals surface area (Å²) in [4.78, 5) is 2.44. The number of nitrogens with zero attached hydrogens (tertiary/aromatic N) is 2. The molecule has 0 amide bonds. The molecule has 0 saturated heterocycles. The Labute approximate surface area is 296 Å². The summed E-state index contributed by atoms with van der Waals surface area (Å²) in [7, 11) is 0. The molecule has 1 aliphatic carbocycles. The lowest BCUT2D eigenvalue weighted by Crippen LogP contribution is -2.16. The fraction of sp³-hybridized carbons (Fsp3) is 0.0612. The molecular formula is C49H34N2. The monoisotopic (exact) mass is 650 g/mol. The topological polar surface area (TPSA) is 7.65 Å². The molecule has 0 unspecified atom stereocenters. The first kappa shape index (κ1) is 28.5. The third-order valence-electron chi connectivity index (χ3n) is 11.5. The molecule has 0 spiro atoms. The van der Waals surface area contributed by atoms with Gasteiger partial charge in [-0.1, -0.05) is 135 Å². The third kappa shape index (κ3) is 3.93. The quantitative estimate of drug-likeness (QED) is 0.136. The van der Waals surface area contributed by atoms with Crippen LogP contribution in [0.25, 0.3) is 71.1 Å². The number of benzene rings is 8. The van der Waals surface area contributed by atoms with Gasteiger partial charge in [0.25, 0.3) is 0 Å². The molecule has 51 heavy (non-hydrogen) atoms. The normalized spacial score (nSPS) is 13.5. The minimum Gasteiger partial charge on any atom is -0.310 e. The van der Waals surface area contributed by atoms with E-state index in [2.05, 4.69) is 193 Å². The van der Waals surface area contributed by atoms with E-state index in [1.54, 1.807) is 0 Å². The number of hydrogen-bond donors (Lipinski definition) is 0. The summed E-state index contributed by atoms with van der Waals surface area (Å²) in [6.07, 6.45) is 0. The van der Waals surface area contributed by atoms with Gasteiger partial charge >= 0.3 is 0 Å². The van der Waals surface area contributed by atoms with Crippen LogP contribution in [0.15, 0.2) is 170 Å². The van der Waals surface area contributed by atoms with Crippen LogP contribution in [-0.4, -0.2) is 4.40 Å². The van der Waals surface area contributed by atoms with Crippen LogP contribution in [0.1, 0.15) is 25.0 Å². The molecule has 0 N–H and O–H groups in total. The zero-order valence-corrected chi connectivity index (χ0v) is 28.6. The van der Waals surface area contributed by atoms with Gasteiger partial charge in [-0.2, -0.15) is 0 Å². The van der Waals surface area contributed by atoms with Crippen LogP contribution in [0.2, 0.25) is 0 Å². The Hall–Kier alpha value is -6.38. The van der Waals surface area contributed by atoms with Crippen LogP contribution in [-0.2, 0) is 5.41 Å². The van der Waals surface area contributed by atoms with Crippen molar-refractivity contribution in [3.05, 3.63) is 181 Å². The van der Waals surface area contributed by atoms with Gasteiger partial charge in [0.05, 0.1) is 16.6 Å². The highest BCUT2D eigenvalue weighted by atomic mass is 15.1. The van der Waals surface area contributed by atoms with Gasteiger partial charge in [0.15, 0.2) is 0 Å². The molecule has 0 bridgehead atoms. The zero-order valence-electron chi connectivity index (χ0n) is 28.6. The molecule has 2 nitrogen and oxygen atoms in total. The highest BCUT2D eigenvalue weighted by Crippen LogP contribution is 2.51. The van der Waals surface area contributed by atoms with Gasteiger partial charge in [0.1, 0.15) is 0 Å². The van der Waals surface area contributed by atoms with Crippen molar-refractivity contribution in [2.45, 2.75) is 19.3 Å². The molecular weight excluding hydrogens is 617 g/mol. The van der Waals surface area contributed by atoms with Crippen molar-refractivity contribution in [2.24, 2.45) is 0 Å². The first-order chi connectivity index (χ1) is 25.1. The fourth-order valence-corrected chi connectivity index (χ4v) is 9.11. The van der Waals surface area contributed by atoms with Crippen LogP contribution in [0, 0.1) is 0 Å². The maximum atomic E-state index is 2.49. The summed E-state index contributed by atoms with van der Waals surface area (Å²) in [5.41, 5.74) is 15.0. The molecule has 0 radical (unpaired) electrons. The number of hydrogen-bond acceptors (Lipinski definition) is 1. The smallest absolute Gasteiger partial charge is 0.0619 e. The number of aromatic nitrogens is 1. The molecule has 8 aromatic carbocycles. The summed E-state index contributed by atoms with van der Waals surface area (Å²) < 4.78 is 2.49. The molecule has 10 aromatic rings. The van der Waals surface area contributed by atoms with Crippen molar-refractivity contribution in [1.29, 1.82) is 0 Å². The number of anilines is 3. The van der Waals surface area contributed by atoms with Gasteiger partial charge in [-0.05, 0) is 92.7 Å². The summed E-state index contributed by atoms with van der Waals surface area (Å²) in [5.74, 6) is 0. The molecule has 11 rings (SSSR count). The molecule has 1 aliphatic rings. The Balaban J connectivity index is 1.16. The molecule has 0 fully saturated rings. The highest BCUT2D eigenvalue weighted by molar-refractivity contribution is 6.27. The van der Waals surface area contributed by atoms with Gasteiger partial charge in [-0.3, -0.25) is 0 Å². The van der Waals surface area contributed by atoms with Gasteiger partial charge in [0.2, 0.25) is 0 Å². The van der Waals surface area contributed by atoms with E-state index in [1.165, 1.54) is 82.2 Å². The van der Waals surface area contributed by atoms with Crippen molar-refractivity contribution >= 4 is 65.9 Å². The summed E-state index contributed by atoms with van der Waals surface area (Å²) in [5, 5.41) is 7.74. The minimum atomic E-state index is -0.0934. The molecule has 2 heteroatoms. The van der Waals surface area contributed by atoms with Crippen LogP contribution >= 0.6 is 0 Å². The Morgan fingerprint density at radius 2 is 1.06 bits per heavy atom. The molecule has 0 saturated carbocycles. The average Bonchev–Trinajstić information content (AvgIpc) is 3.63. The minimum absolute atomic E-state index is 0.0934. The molecule has 0 atom stereocenters. The lowest BCUT2D eigenvalue weighted by molar-refractivity contribution is 0.660. The Kier molecular flexibility index (Phi) is 5.76. The third-order valence-corrected chi connectivity index (χ3v) is 11.5. The molecule has 2 aromatic heterocycles. The second-order valence-corrected chi connectivity index (χ2v) is 14.6. The van der Waals surface area contributed by atoms with Crippen molar-refractivity contribution in [1.82, 2.24) is 4.40 Å². The first-order valence-electron chi connectivity index (χ1n) is 17.9. The fourth-order valence-electron chi connectivity index (χ4n) is 9.11. The van der Waals surface area contributed by atoms with Gasteiger partial charge < -0.3 is 9.30 Å². The predicted molar refractivity (Wildman–Crippen MR) is 216 cm³/mol. The standard InChI is InChI=1S/C49H34N2/c1-49(2)43-19-7-6-15-37(43)38-27-25-36(30-44(38)49)50(34-23-21-32(22-24-34)31-11-4-3-5-12-31)35-26-28-45-42(29-35)41-18-10-17-40-39-16-8-13-33-14-9-20-46(47(33)39)51(45)48(40)41/h3-30H,1-2H3. The first-order valence-corrected chi connectivity index (χ1v) is 17.9. The van der Waals surface area contributed by atoms with E-state index in [-0.39, 0.29) is 5.41 Å². The van der Waals surface area contributed by atoms with E-state index in [0.717, 1.165) is 17.1 Å². The van der Waals surface area contributed by atoms with Crippen molar-refractivity contribution in [3.8, 4) is 22.3 Å². The van der Waals surface area contributed by atoms with Crippen LogP contribution in [0.4, 0.5) is 17.1 Å². The van der Waals surface area contributed by atoms with Gasteiger partial charge in [-0.15, -0.1) is 0 Å². The van der Waals surface area contributed by atoms with Crippen molar-refractivity contribution in [2.75, 3.05) is 4.90 Å². The van der Waals surface area contributed by atoms with Crippen molar-refractivity contribution in [3.63, 3.8) is 0 Å². The Morgan fingerprint density at radius 3 is 1.90 bits per heavy atom. The lowest BCUT2D eigenvalue weighted by atomic mass is 9.82. The van der Waals surface area contributed by atoms with E-state index in [4.69, 9.17) is 0 Å². The predicted octanol–water partition coefficient (Wildman–Crippen LogP) is 13.4. The van der Waals surface area contributed by atoms with E-state index >= 15 is 0 Å².